The number of sulfonamides is 1. The van der Waals surface area contributed by atoms with Crippen molar-refractivity contribution in [3.05, 3.63) is 109 Å². The Balaban J connectivity index is 2.11. The molecule has 2 N–H and O–H groups in total. The van der Waals surface area contributed by atoms with E-state index < -0.39 is 29.4 Å². The zero-order valence-electron chi connectivity index (χ0n) is 19.5. The quantitative estimate of drug-likeness (QED) is 0.336. The molecular weight excluding hydrogens is 446 g/mol. The molecule has 0 spiro atoms. The van der Waals surface area contributed by atoms with Gasteiger partial charge in [-0.1, -0.05) is 103 Å². The molecule has 0 fully saturated rings. The van der Waals surface area contributed by atoms with Gasteiger partial charge in [-0.2, -0.15) is 0 Å². The van der Waals surface area contributed by atoms with Crippen molar-refractivity contribution in [2.24, 2.45) is 0 Å². The second-order valence-corrected chi connectivity index (χ2v) is 15.5. The molecule has 2 atom stereocenters. The zero-order chi connectivity index (χ0) is 24.1. The van der Waals surface area contributed by atoms with Gasteiger partial charge >= 0.3 is 0 Å². The van der Waals surface area contributed by atoms with Crippen LogP contribution in [-0.4, -0.2) is 32.9 Å². The summed E-state index contributed by atoms with van der Waals surface area (Å²) in [6.45, 7) is 9.98. The molecule has 0 unspecified atom stereocenters. The van der Waals surface area contributed by atoms with Gasteiger partial charge in [0.25, 0.3) is 0 Å². The highest BCUT2D eigenvalue weighted by atomic mass is 32.2. The summed E-state index contributed by atoms with van der Waals surface area (Å²) in [6, 6.07) is 25.6. The summed E-state index contributed by atoms with van der Waals surface area (Å²) in [5, 5.41) is 12.1. The highest BCUT2D eigenvalue weighted by Crippen LogP contribution is 2.32. The molecule has 3 aromatic rings. The standard InChI is InChI=1S/C27H33NO3SSi/c1-5-20-27(29,33(3,4)25-14-10-7-11-15-25)26(21-23-12-8-6-9-13-23)28-32(30,31)24-18-16-22(2)17-19-24/h5-19,26,28-29H,1,20-21H2,2-4H3/t26-,27+/m0/s1. The molecule has 174 valence electrons. The van der Waals surface area contributed by atoms with E-state index in [2.05, 4.69) is 24.4 Å². The van der Waals surface area contributed by atoms with Gasteiger partial charge in [-0.05, 0) is 37.5 Å². The summed E-state index contributed by atoms with van der Waals surface area (Å²) < 4.78 is 29.7. The molecule has 0 radical (unpaired) electrons. The first-order valence-electron chi connectivity index (χ1n) is 11.1. The van der Waals surface area contributed by atoms with Crippen molar-refractivity contribution in [3.8, 4) is 0 Å². The average Bonchev–Trinajstić information content (AvgIpc) is 2.80. The summed E-state index contributed by atoms with van der Waals surface area (Å²) in [4.78, 5) is 0.186. The van der Waals surface area contributed by atoms with Crippen LogP contribution in [0.15, 0.2) is 102 Å². The monoisotopic (exact) mass is 479 g/mol. The van der Waals surface area contributed by atoms with Crippen LogP contribution in [0.4, 0.5) is 0 Å². The van der Waals surface area contributed by atoms with Gasteiger partial charge in [-0.15, -0.1) is 6.58 Å². The Morgan fingerprint density at radius 3 is 2.06 bits per heavy atom. The van der Waals surface area contributed by atoms with Crippen LogP contribution in [0, 0.1) is 6.92 Å². The van der Waals surface area contributed by atoms with Crippen LogP contribution in [0.5, 0.6) is 0 Å². The Labute approximate surface area is 199 Å². The first-order valence-corrected chi connectivity index (χ1v) is 15.6. The molecule has 3 aromatic carbocycles. The minimum absolute atomic E-state index is 0.186. The molecule has 0 heterocycles. The lowest BCUT2D eigenvalue weighted by molar-refractivity contribution is 0.0836. The number of nitrogens with one attached hydrogen (secondary N) is 1. The van der Waals surface area contributed by atoms with Crippen molar-refractivity contribution in [3.63, 3.8) is 0 Å². The molecule has 0 aromatic heterocycles. The second kappa shape index (κ2) is 10.2. The first-order chi connectivity index (χ1) is 15.6. The van der Waals surface area contributed by atoms with Crippen molar-refractivity contribution in [2.45, 2.75) is 49.0 Å². The minimum atomic E-state index is -3.86. The predicted molar refractivity (Wildman–Crippen MR) is 139 cm³/mol. The van der Waals surface area contributed by atoms with Gasteiger partial charge in [0.15, 0.2) is 0 Å². The fraction of sp³-hybridized carbons (Fsp3) is 0.259. The summed E-state index contributed by atoms with van der Waals surface area (Å²) in [6.07, 6.45) is 2.32. The van der Waals surface area contributed by atoms with E-state index in [1.165, 1.54) is 0 Å². The molecule has 0 bridgehead atoms. The number of hydrogen-bond donors (Lipinski definition) is 2. The Kier molecular flexibility index (Phi) is 7.75. The lowest BCUT2D eigenvalue weighted by atomic mass is 9.99. The fourth-order valence-electron chi connectivity index (χ4n) is 4.29. The van der Waals surface area contributed by atoms with Gasteiger partial charge in [0.2, 0.25) is 10.0 Å². The third-order valence-corrected chi connectivity index (χ3v) is 12.5. The van der Waals surface area contributed by atoms with E-state index in [0.717, 1.165) is 16.3 Å². The summed E-state index contributed by atoms with van der Waals surface area (Å²) in [5.74, 6) is 0. The van der Waals surface area contributed by atoms with Gasteiger partial charge in [0.05, 0.1) is 16.2 Å². The molecule has 3 rings (SSSR count). The van der Waals surface area contributed by atoms with Crippen LogP contribution < -0.4 is 9.91 Å². The van der Waals surface area contributed by atoms with E-state index in [1.807, 2.05) is 67.6 Å². The molecule has 0 aliphatic carbocycles. The van der Waals surface area contributed by atoms with Crippen molar-refractivity contribution < 1.29 is 13.5 Å². The van der Waals surface area contributed by atoms with Crippen molar-refractivity contribution in [2.75, 3.05) is 0 Å². The molecule has 6 heteroatoms. The average molecular weight is 480 g/mol. The molecule has 4 nitrogen and oxygen atoms in total. The maximum atomic E-state index is 13.4. The Bertz CT molecular complexity index is 1160. The SMILES string of the molecule is C=CC[C@](O)([C@H](Cc1ccccc1)NS(=O)(=O)c1ccc(C)cc1)[Si](C)(C)c1ccccc1. The predicted octanol–water partition coefficient (Wildman–Crippen LogP) is 4.35. The summed E-state index contributed by atoms with van der Waals surface area (Å²) in [7, 11) is -6.49. The van der Waals surface area contributed by atoms with E-state index in [1.54, 1.807) is 30.3 Å². The van der Waals surface area contributed by atoms with Gasteiger partial charge in [0, 0.05) is 0 Å². The summed E-state index contributed by atoms with van der Waals surface area (Å²) >= 11 is 0. The van der Waals surface area contributed by atoms with Gasteiger partial charge in [-0.25, -0.2) is 13.1 Å². The van der Waals surface area contributed by atoms with Crippen LogP contribution in [0.2, 0.25) is 13.1 Å². The van der Waals surface area contributed by atoms with Crippen molar-refractivity contribution in [1.29, 1.82) is 0 Å². The maximum absolute atomic E-state index is 13.4. The molecule has 0 amide bonds. The molecule has 33 heavy (non-hydrogen) atoms. The first kappa shape index (κ1) is 25.1. The van der Waals surface area contributed by atoms with Gasteiger partial charge in [0.1, 0.15) is 8.07 Å². The third kappa shape index (κ3) is 5.53. The van der Waals surface area contributed by atoms with Gasteiger partial charge in [-0.3, -0.25) is 0 Å². The minimum Gasteiger partial charge on any atom is -0.391 e. The largest absolute Gasteiger partial charge is 0.391 e. The molecule has 0 aliphatic heterocycles. The van der Waals surface area contributed by atoms with Gasteiger partial charge < -0.3 is 5.11 Å². The Morgan fingerprint density at radius 2 is 1.52 bits per heavy atom. The molecular formula is C27H33NO3SSi. The number of rotatable bonds is 10. The van der Waals surface area contributed by atoms with E-state index >= 15 is 0 Å². The zero-order valence-corrected chi connectivity index (χ0v) is 21.3. The van der Waals surface area contributed by atoms with E-state index in [4.69, 9.17) is 0 Å². The second-order valence-electron chi connectivity index (χ2n) is 9.08. The van der Waals surface area contributed by atoms with E-state index in [9.17, 15) is 13.5 Å². The van der Waals surface area contributed by atoms with Crippen LogP contribution in [-0.2, 0) is 16.4 Å². The van der Waals surface area contributed by atoms with Crippen LogP contribution >= 0.6 is 0 Å². The number of hydrogen-bond acceptors (Lipinski definition) is 3. The molecule has 0 saturated heterocycles. The highest BCUT2D eigenvalue weighted by Gasteiger charge is 2.52. The Hall–Kier alpha value is -2.51. The third-order valence-electron chi connectivity index (χ3n) is 6.52. The van der Waals surface area contributed by atoms with Crippen LogP contribution in [0.1, 0.15) is 17.5 Å². The lowest BCUT2D eigenvalue weighted by Crippen LogP contribution is -2.71. The van der Waals surface area contributed by atoms with E-state index in [0.29, 0.717) is 6.42 Å². The maximum Gasteiger partial charge on any atom is 0.240 e. The molecule has 0 saturated carbocycles. The lowest BCUT2D eigenvalue weighted by Gasteiger charge is -2.46. The van der Waals surface area contributed by atoms with E-state index in [-0.39, 0.29) is 11.3 Å². The van der Waals surface area contributed by atoms with Crippen molar-refractivity contribution in [1.82, 2.24) is 4.72 Å². The van der Waals surface area contributed by atoms with Crippen LogP contribution in [0.3, 0.4) is 0 Å². The number of benzene rings is 3. The molecule has 0 aliphatic rings. The smallest absolute Gasteiger partial charge is 0.240 e. The highest BCUT2D eigenvalue weighted by molar-refractivity contribution is 7.89. The number of aryl methyl sites for hydroxylation is 1. The van der Waals surface area contributed by atoms with Crippen LogP contribution in [0.25, 0.3) is 0 Å². The van der Waals surface area contributed by atoms with Crippen molar-refractivity contribution >= 4 is 23.3 Å². The Morgan fingerprint density at radius 1 is 0.970 bits per heavy atom. The summed E-state index contributed by atoms with van der Waals surface area (Å²) in [5.41, 5.74) is 1.94. The fourth-order valence-corrected chi connectivity index (χ4v) is 8.90. The normalized spacial score (nSPS) is 14.9. The topological polar surface area (TPSA) is 66.4 Å². The number of aliphatic hydroxyl groups is 1.